The van der Waals surface area contributed by atoms with Crippen LogP contribution in [-0.2, 0) is 4.79 Å². The second kappa shape index (κ2) is 3.85. The largest absolute Gasteiger partial charge is 0.478 e. The predicted octanol–water partition coefficient (Wildman–Crippen LogP) is 4.68. The van der Waals surface area contributed by atoms with Gasteiger partial charge in [-0.25, -0.2) is 4.79 Å². The molecular formula is C22H12O2. The Morgan fingerprint density at radius 3 is 2.21 bits per heavy atom. The van der Waals surface area contributed by atoms with Crippen molar-refractivity contribution < 1.29 is 9.90 Å². The molecule has 3 aromatic rings. The molecule has 112 valence electrons. The zero-order valence-corrected chi connectivity index (χ0v) is 12.7. The van der Waals surface area contributed by atoms with Gasteiger partial charge in [0.05, 0.1) is 5.57 Å². The molecular weight excluding hydrogens is 296 g/mol. The molecule has 24 heavy (non-hydrogen) atoms. The number of aliphatic carboxylic acids is 1. The van der Waals surface area contributed by atoms with E-state index in [1.165, 1.54) is 22.3 Å². The molecule has 3 aliphatic rings. The summed E-state index contributed by atoms with van der Waals surface area (Å²) in [6.45, 7) is 0. The fourth-order valence-corrected chi connectivity index (χ4v) is 4.75. The maximum absolute atomic E-state index is 12.0. The maximum atomic E-state index is 12.0. The average molecular weight is 308 g/mol. The van der Waals surface area contributed by atoms with Gasteiger partial charge in [-0.2, -0.15) is 0 Å². The lowest BCUT2D eigenvalue weighted by molar-refractivity contribution is -0.132. The third-order valence-electron chi connectivity index (χ3n) is 5.61. The summed E-state index contributed by atoms with van der Waals surface area (Å²) in [6, 6.07) is 20.8. The van der Waals surface area contributed by atoms with Gasteiger partial charge in [0.25, 0.3) is 0 Å². The van der Waals surface area contributed by atoms with Gasteiger partial charge >= 0.3 is 5.97 Å². The molecule has 0 aromatic heterocycles. The Labute approximate surface area is 138 Å². The third-order valence-corrected chi connectivity index (χ3v) is 5.61. The molecule has 1 atom stereocenters. The normalized spacial score (nSPS) is 17.8. The Morgan fingerprint density at radius 2 is 1.42 bits per heavy atom. The molecule has 6 rings (SSSR count). The van der Waals surface area contributed by atoms with Crippen LogP contribution in [0.4, 0.5) is 0 Å². The van der Waals surface area contributed by atoms with E-state index in [0.717, 1.165) is 27.8 Å². The molecule has 0 spiro atoms. The van der Waals surface area contributed by atoms with Crippen LogP contribution >= 0.6 is 0 Å². The molecule has 2 heteroatoms. The monoisotopic (exact) mass is 308 g/mol. The Hall–Kier alpha value is -3.13. The van der Waals surface area contributed by atoms with Crippen molar-refractivity contribution in [2.75, 3.05) is 0 Å². The van der Waals surface area contributed by atoms with Crippen LogP contribution in [0.5, 0.6) is 0 Å². The summed E-state index contributed by atoms with van der Waals surface area (Å²) in [5.74, 6) is -0.925. The number of hydrogen-bond donors (Lipinski definition) is 1. The quantitative estimate of drug-likeness (QED) is 0.554. The van der Waals surface area contributed by atoms with Gasteiger partial charge in [-0.1, -0.05) is 60.7 Å². The fraction of sp³-hybridized carbons (Fsp3) is 0.0455. The predicted molar refractivity (Wildman–Crippen MR) is 92.8 cm³/mol. The highest BCUT2D eigenvalue weighted by Crippen LogP contribution is 2.62. The average Bonchev–Trinajstić information content (AvgIpc) is 3.10. The summed E-state index contributed by atoms with van der Waals surface area (Å²) >= 11 is 0. The first-order valence-corrected chi connectivity index (χ1v) is 8.11. The molecule has 2 bridgehead atoms. The molecule has 0 aliphatic heterocycles. The second-order valence-electron chi connectivity index (χ2n) is 6.61. The Bertz CT molecular complexity index is 1130. The van der Waals surface area contributed by atoms with Crippen molar-refractivity contribution in [1.82, 2.24) is 0 Å². The summed E-state index contributed by atoms with van der Waals surface area (Å²) in [7, 11) is 0. The summed E-state index contributed by atoms with van der Waals surface area (Å²) < 4.78 is 0. The van der Waals surface area contributed by atoms with Crippen LogP contribution in [0.25, 0.3) is 27.8 Å². The molecule has 0 radical (unpaired) electrons. The number of rotatable bonds is 1. The lowest BCUT2D eigenvalue weighted by Gasteiger charge is -2.30. The zero-order chi connectivity index (χ0) is 16.0. The molecule has 0 saturated heterocycles. The summed E-state index contributed by atoms with van der Waals surface area (Å²) in [5.41, 5.74) is 11.0. The minimum absolute atomic E-state index is 0.123. The summed E-state index contributed by atoms with van der Waals surface area (Å²) in [4.78, 5) is 12.0. The van der Waals surface area contributed by atoms with E-state index < -0.39 is 5.97 Å². The van der Waals surface area contributed by atoms with Crippen molar-refractivity contribution in [2.45, 2.75) is 5.92 Å². The van der Waals surface area contributed by atoms with Crippen molar-refractivity contribution in [3.8, 4) is 22.3 Å². The van der Waals surface area contributed by atoms with Gasteiger partial charge in [0, 0.05) is 11.5 Å². The minimum atomic E-state index is -0.802. The molecule has 1 unspecified atom stereocenters. The van der Waals surface area contributed by atoms with Crippen LogP contribution in [0, 0.1) is 0 Å². The highest BCUT2D eigenvalue weighted by Gasteiger charge is 2.46. The van der Waals surface area contributed by atoms with Gasteiger partial charge in [-0.05, 0) is 44.5 Å². The Balaban J connectivity index is 1.72. The Morgan fingerprint density at radius 1 is 0.708 bits per heavy atom. The highest BCUT2D eigenvalue weighted by atomic mass is 16.4. The van der Waals surface area contributed by atoms with Crippen molar-refractivity contribution in [3.63, 3.8) is 0 Å². The Kier molecular flexibility index (Phi) is 1.97. The van der Waals surface area contributed by atoms with Crippen LogP contribution < -0.4 is 0 Å². The van der Waals surface area contributed by atoms with Crippen LogP contribution in [0.2, 0.25) is 0 Å². The molecule has 0 saturated carbocycles. The number of carboxylic acids is 1. The number of carboxylic acid groups (broad SMARTS) is 1. The molecule has 0 heterocycles. The number of fused-ring (bicyclic) bond motifs is 12. The lowest BCUT2D eigenvalue weighted by Crippen LogP contribution is -2.10. The van der Waals surface area contributed by atoms with E-state index in [2.05, 4.69) is 48.5 Å². The fourth-order valence-electron chi connectivity index (χ4n) is 4.75. The number of carbonyl (C=O) groups is 1. The van der Waals surface area contributed by atoms with Gasteiger partial charge in [-0.15, -0.1) is 0 Å². The van der Waals surface area contributed by atoms with Crippen LogP contribution in [0.15, 0.2) is 66.2 Å². The van der Waals surface area contributed by atoms with Gasteiger partial charge < -0.3 is 5.11 Å². The first-order chi connectivity index (χ1) is 11.8. The minimum Gasteiger partial charge on any atom is -0.478 e. The maximum Gasteiger partial charge on any atom is 0.333 e. The van der Waals surface area contributed by atoms with Crippen LogP contribution in [0.1, 0.15) is 28.2 Å². The molecule has 0 fully saturated rings. The van der Waals surface area contributed by atoms with Crippen LogP contribution in [-0.4, -0.2) is 11.1 Å². The number of hydrogen-bond acceptors (Lipinski definition) is 1. The molecule has 3 aromatic carbocycles. The van der Waals surface area contributed by atoms with Crippen molar-refractivity contribution in [2.24, 2.45) is 0 Å². The van der Waals surface area contributed by atoms with Crippen molar-refractivity contribution in [1.29, 1.82) is 0 Å². The molecule has 3 aliphatic carbocycles. The van der Waals surface area contributed by atoms with Crippen LogP contribution in [0.3, 0.4) is 0 Å². The standard InChI is InChI=1S/C22H12O2/c23-22(24)21-18-13-7-3-4-8-14(13)19(21)20-16(18)10-9-15-11-5-1-2-6-12(11)17(15)20/h1-10,18H,(H,23,24). The molecule has 1 N–H and O–H groups in total. The van der Waals surface area contributed by atoms with E-state index in [1.807, 2.05) is 12.1 Å². The van der Waals surface area contributed by atoms with E-state index >= 15 is 0 Å². The first kappa shape index (κ1) is 12.3. The van der Waals surface area contributed by atoms with E-state index in [9.17, 15) is 9.90 Å². The van der Waals surface area contributed by atoms with E-state index in [1.54, 1.807) is 0 Å². The topological polar surface area (TPSA) is 37.3 Å². The van der Waals surface area contributed by atoms with Crippen molar-refractivity contribution >= 4 is 11.5 Å². The van der Waals surface area contributed by atoms with E-state index in [0.29, 0.717) is 5.57 Å². The van der Waals surface area contributed by atoms with Crippen molar-refractivity contribution in [3.05, 3.63) is 88.5 Å². The molecule has 0 amide bonds. The zero-order valence-electron chi connectivity index (χ0n) is 12.7. The number of benzene rings is 3. The van der Waals surface area contributed by atoms with Gasteiger partial charge in [0.2, 0.25) is 0 Å². The van der Waals surface area contributed by atoms with E-state index in [4.69, 9.17) is 0 Å². The summed E-state index contributed by atoms with van der Waals surface area (Å²) in [5, 5.41) is 9.85. The van der Waals surface area contributed by atoms with Gasteiger partial charge in [-0.3, -0.25) is 0 Å². The smallest absolute Gasteiger partial charge is 0.333 e. The first-order valence-electron chi connectivity index (χ1n) is 8.11. The molecule has 2 nitrogen and oxygen atoms in total. The second-order valence-corrected chi connectivity index (χ2v) is 6.61. The lowest BCUT2D eigenvalue weighted by atomic mass is 9.72. The summed E-state index contributed by atoms with van der Waals surface area (Å²) in [6.07, 6.45) is 0. The SMILES string of the molecule is O=C(O)C1=C2c3ccccc3C1c1ccc3c(c12)-c1ccccc1-3. The van der Waals surface area contributed by atoms with E-state index in [-0.39, 0.29) is 5.92 Å². The van der Waals surface area contributed by atoms with Gasteiger partial charge in [0.1, 0.15) is 0 Å². The van der Waals surface area contributed by atoms with Gasteiger partial charge in [0.15, 0.2) is 0 Å². The highest BCUT2D eigenvalue weighted by molar-refractivity contribution is 6.17. The third kappa shape index (κ3) is 1.17.